The lowest BCUT2D eigenvalue weighted by atomic mass is 10.2. The molecule has 9 heteroatoms. The van der Waals surface area contributed by atoms with Crippen molar-refractivity contribution in [3.05, 3.63) is 54.3 Å². The summed E-state index contributed by atoms with van der Waals surface area (Å²) in [5, 5.41) is 5.79. The minimum absolute atomic E-state index is 0.0669. The monoisotopic (exact) mass is 441 g/mol. The number of carbonyl (C=O) groups is 2. The number of amides is 3. The van der Waals surface area contributed by atoms with Crippen LogP contribution in [0, 0.1) is 5.82 Å². The fraction of sp³-hybridized carbons (Fsp3) is 0.391. The van der Waals surface area contributed by atoms with Crippen LogP contribution in [0.25, 0.3) is 0 Å². The molecule has 4 rings (SSSR count). The van der Waals surface area contributed by atoms with Crippen molar-refractivity contribution in [1.29, 1.82) is 0 Å². The average molecular weight is 442 g/mol. The summed E-state index contributed by atoms with van der Waals surface area (Å²) in [4.78, 5) is 30.8. The molecule has 2 saturated heterocycles. The Morgan fingerprint density at radius 3 is 2.03 bits per heavy atom. The number of hydrogen-bond donors (Lipinski definition) is 2. The number of carbonyl (C=O) groups excluding carboxylic acids is 2. The third-order valence-electron chi connectivity index (χ3n) is 5.65. The van der Waals surface area contributed by atoms with Gasteiger partial charge in [0.15, 0.2) is 0 Å². The Morgan fingerprint density at radius 2 is 1.41 bits per heavy atom. The lowest BCUT2D eigenvalue weighted by molar-refractivity contribution is -0.118. The minimum Gasteiger partial charge on any atom is -0.379 e. The second kappa shape index (κ2) is 10.4. The first-order valence-electron chi connectivity index (χ1n) is 10.8. The van der Waals surface area contributed by atoms with Crippen LogP contribution in [0.5, 0.6) is 0 Å². The van der Waals surface area contributed by atoms with Crippen LogP contribution in [0.15, 0.2) is 48.5 Å². The van der Waals surface area contributed by atoms with Crippen LogP contribution in [0.4, 0.5) is 26.2 Å². The summed E-state index contributed by atoms with van der Waals surface area (Å²) in [6.45, 7) is 5.71. The van der Waals surface area contributed by atoms with Crippen LogP contribution in [-0.2, 0) is 9.53 Å². The van der Waals surface area contributed by atoms with Gasteiger partial charge in [0.25, 0.3) is 0 Å². The van der Waals surface area contributed by atoms with Gasteiger partial charge in [-0.05, 0) is 48.5 Å². The summed E-state index contributed by atoms with van der Waals surface area (Å²) in [6, 6.07) is 13.4. The molecule has 8 nitrogen and oxygen atoms in total. The molecule has 3 amide bonds. The van der Waals surface area contributed by atoms with Gasteiger partial charge in [0.1, 0.15) is 5.82 Å². The minimum atomic E-state index is -0.255. The number of halogens is 1. The fourth-order valence-electron chi connectivity index (χ4n) is 3.82. The van der Waals surface area contributed by atoms with Gasteiger partial charge >= 0.3 is 6.03 Å². The van der Waals surface area contributed by atoms with Crippen molar-refractivity contribution in [2.45, 2.75) is 0 Å². The van der Waals surface area contributed by atoms with Gasteiger partial charge in [-0.1, -0.05) is 0 Å². The van der Waals surface area contributed by atoms with Crippen molar-refractivity contribution < 1.29 is 18.7 Å². The summed E-state index contributed by atoms with van der Waals surface area (Å²) in [5.74, 6) is -0.322. The first-order valence-corrected chi connectivity index (χ1v) is 10.8. The number of nitrogens with one attached hydrogen (secondary N) is 2. The van der Waals surface area contributed by atoms with Crippen molar-refractivity contribution in [2.24, 2.45) is 0 Å². The molecule has 0 aliphatic carbocycles. The highest BCUT2D eigenvalue weighted by atomic mass is 19.1. The smallest absolute Gasteiger partial charge is 0.321 e. The Labute approximate surface area is 186 Å². The summed E-state index contributed by atoms with van der Waals surface area (Å²) in [6.07, 6.45) is 0. The maximum absolute atomic E-state index is 13.1. The van der Waals surface area contributed by atoms with Crippen molar-refractivity contribution >= 4 is 29.0 Å². The molecule has 0 bridgehead atoms. The quantitative estimate of drug-likeness (QED) is 0.746. The van der Waals surface area contributed by atoms with E-state index in [-0.39, 0.29) is 17.8 Å². The van der Waals surface area contributed by atoms with E-state index in [1.54, 1.807) is 41.3 Å². The highest BCUT2D eigenvalue weighted by Crippen LogP contribution is 2.18. The molecule has 2 N–H and O–H groups in total. The van der Waals surface area contributed by atoms with E-state index >= 15 is 0 Å². The molecule has 2 heterocycles. The number of hydrogen-bond acceptors (Lipinski definition) is 5. The van der Waals surface area contributed by atoms with Crippen molar-refractivity contribution in [1.82, 2.24) is 9.80 Å². The second-order valence-corrected chi connectivity index (χ2v) is 7.89. The zero-order chi connectivity index (χ0) is 22.3. The third-order valence-corrected chi connectivity index (χ3v) is 5.65. The zero-order valence-corrected chi connectivity index (χ0v) is 17.9. The molecule has 2 aromatic rings. The van der Waals surface area contributed by atoms with Gasteiger partial charge < -0.3 is 25.2 Å². The lowest BCUT2D eigenvalue weighted by Gasteiger charge is -2.36. The Balaban J connectivity index is 1.22. The summed E-state index contributed by atoms with van der Waals surface area (Å²) in [7, 11) is 0. The van der Waals surface area contributed by atoms with Crippen LogP contribution >= 0.6 is 0 Å². The first-order chi connectivity index (χ1) is 15.6. The Morgan fingerprint density at radius 1 is 0.812 bits per heavy atom. The highest BCUT2D eigenvalue weighted by Gasteiger charge is 2.21. The molecule has 2 fully saturated rings. The number of ether oxygens (including phenoxy) is 1. The first kappa shape index (κ1) is 22.0. The molecule has 0 unspecified atom stereocenters. The van der Waals surface area contributed by atoms with Gasteiger partial charge in [-0.15, -0.1) is 0 Å². The van der Waals surface area contributed by atoms with E-state index in [4.69, 9.17) is 4.74 Å². The number of benzene rings is 2. The van der Waals surface area contributed by atoms with Crippen LogP contribution in [0.1, 0.15) is 0 Å². The maximum Gasteiger partial charge on any atom is 0.321 e. The highest BCUT2D eigenvalue weighted by molar-refractivity contribution is 5.93. The number of urea groups is 1. The van der Waals surface area contributed by atoms with Crippen molar-refractivity contribution in [3.63, 3.8) is 0 Å². The van der Waals surface area contributed by atoms with E-state index in [9.17, 15) is 14.0 Å². The van der Waals surface area contributed by atoms with Gasteiger partial charge in [0.05, 0.1) is 19.8 Å². The van der Waals surface area contributed by atoms with Crippen LogP contribution < -0.4 is 15.5 Å². The van der Waals surface area contributed by atoms with Crippen LogP contribution in [0.3, 0.4) is 0 Å². The molecule has 170 valence electrons. The SMILES string of the molecule is O=C(CN1CCOCC1)Nc1ccc(NC(=O)N2CCN(c3ccc(F)cc3)CC2)cc1. The molecule has 0 aromatic heterocycles. The number of morpholine rings is 1. The molecule has 0 radical (unpaired) electrons. The Kier molecular flexibility index (Phi) is 7.18. The average Bonchev–Trinajstić information content (AvgIpc) is 2.81. The van der Waals surface area contributed by atoms with E-state index in [1.165, 1.54) is 12.1 Å². The number of rotatable bonds is 5. The molecule has 2 aromatic carbocycles. The van der Waals surface area contributed by atoms with Gasteiger partial charge in [0, 0.05) is 56.3 Å². The van der Waals surface area contributed by atoms with Gasteiger partial charge in [-0.3, -0.25) is 9.69 Å². The zero-order valence-electron chi connectivity index (χ0n) is 17.9. The number of anilines is 3. The second-order valence-electron chi connectivity index (χ2n) is 7.89. The standard InChI is InChI=1S/C23H28FN5O3/c24-18-1-7-21(8-2-18)28-9-11-29(12-10-28)23(31)26-20-5-3-19(4-6-20)25-22(30)17-27-13-15-32-16-14-27/h1-8H,9-17H2,(H,25,30)(H,26,31). The molecular weight excluding hydrogens is 413 g/mol. The largest absolute Gasteiger partial charge is 0.379 e. The summed E-state index contributed by atoms with van der Waals surface area (Å²) in [5.41, 5.74) is 2.31. The topological polar surface area (TPSA) is 77.1 Å². The number of nitrogens with zero attached hydrogens (tertiary/aromatic N) is 3. The normalized spacial score (nSPS) is 17.2. The van der Waals surface area contributed by atoms with Crippen molar-refractivity contribution in [3.8, 4) is 0 Å². The molecular formula is C23H28FN5O3. The number of piperazine rings is 1. The Hall–Kier alpha value is -3.17. The molecule has 2 aliphatic rings. The predicted molar refractivity (Wildman–Crippen MR) is 122 cm³/mol. The van der Waals surface area contributed by atoms with Gasteiger partial charge in [-0.25, -0.2) is 9.18 Å². The molecule has 2 aliphatic heterocycles. The molecule has 0 saturated carbocycles. The fourth-order valence-corrected chi connectivity index (χ4v) is 3.82. The van der Waals surface area contributed by atoms with E-state index in [0.717, 1.165) is 18.8 Å². The van der Waals surface area contributed by atoms with Crippen LogP contribution in [-0.4, -0.2) is 80.8 Å². The molecule has 0 spiro atoms. The summed E-state index contributed by atoms with van der Waals surface area (Å²) < 4.78 is 18.4. The summed E-state index contributed by atoms with van der Waals surface area (Å²) >= 11 is 0. The molecule has 0 atom stereocenters. The third kappa shape index (κ3) is 5.95. The maximum atomic E-state index is 13.1. The predicted octanol–water partition coefficient (Wildman–Crippen LogP) is 2.45. The van der Waals surface area contributed by atoms with E-state index in [2.05, 4.69) is 20.4 Å². The Bertz CT molecular complexity index is 908. The van der Waals surface area contributed by atoms with E-state index in [1.807, 2.05) is 0 Å². The molecule has 32 heavy (non-hydrogen) atoms. The van der Waals surface area contributed by atoms with E-state index < -0.39 is 0 Å². The van der Waals surface area contributed by atoms with Gasteiger partial charge in [0.2, 0.25) is 5.91 Å². The van der Waals surface area contributed by atoms with E-state index in [0.29, 0.717) is 57.3 Å². The lowest BCUT2D eigenvalue weighted by Crippen LogP contribution is -2.50. The van der Waals surface area contributed by atoms with Crippen molar-refractivity contribution in [2.75, 3.05) is 74.6 Å². The van der Waals surface area contributed by atoms with Gasteiger partial charge in [-0.2, -0.15) is 0 Å². The van der Waals surface area contributed by atoms with Crippen LogP contribution in [0.2, 0.25) is 0 Å².